The number of carbonyl (C=O) groups excluding carboxylic acids is 1. The number of carbonyl (C=O) groups is 1. The first kappa shape index (κ1) is 24.7. The average Bonchev–Trinajstić information content (AvgIpc) is 2.48. The molecule has 1 amide bonds. The van der Waals surface area contributed by atoms with Gasteiger partial charge in [-0.25, -0.2) is 10.9 Å². The Kier molecular flexibility index (Phi) is 8.26. The summed E-state index contributed by atoms with van der Waals surface area (Å²) in [6.07, 6.45) is 7.11. The first-order valence-corrected chi connectivity index (χ1v) is 13.9. The number of ether oxygens (including phenoxy) is 1. The molecule has 1 fully saturated rings. The van der Waals surface area contributed by atoms with Gasteiger partial charge < -0.3 is 9.64 Å². The Balaban J connectivity index is 0.00000364. The van der Waals surface area contributed by atoms with E-state index in [1.807, 2.05) is 4.90 Å². The van der Waals surface area contributed by atoms with Gasteiger partial charge >= 0.3 is 25.0 Å². The van der Waals surface area contributed by atoms with Crippen LogP contribution in [0.15, 0.2) is 11.6 Å². The molecule has 0 saturated heterocycles. The molecule has 0 spiro atoms. The maximum atomic E-state index is 13.0. The summed E-state index contributed by atoms with van der Waals surface area (Å²) in [5.74, 6) is 1.34. The van der Waals surface area contributed by atoms with E-state index < -0.39 is 8.07 Å². The topological polar surface area (TPSA) is 29.5 Å². The molecule has 0 aromatic rings. The van der Waals surface area contributed by atoms with Gasteiger partial charge in [0.2, 0.25) is 0 Å². The Morgan fingerprint density at radius 2 is 1.78 bits per heavy atom. The van der Waals surface area contributed by atoms with Gasteiger partial charge in [0.15, 0.2) is 0 Å². The first-order chi connectivity index (χ1) is 11.8. The van der Waals surface area contributed by atoms with Crippen LogP contribution in [0.2, 0.25) is 19.6 Å². The quantitative estimate of drug-likeness (QED) is 0.536. The molecule has 150 valence electrons. The van der Waals surface area contributed by atoms with Crippen LogP contribution >= 0.6 is 0 Å². The van der Waals surface area contributed by atoms with E-state index in [1.54, 1.807) is 0 Å². The summed E-state index contributed by atoms with van der Waals surface area (Å²) in [7, 11) is -1.77. The molecule has 2 rings (SSSR count). The number of hydrogen-bond acceptors (Lipinski definition) is 2. The van der Waals surface area contributed by atoms with Gasteiger partial charge in [-0.1, -0.05) is 39.9 Å². The molecule has 0 aliphatic heterocycles. The van der Waals surface area contributed by atoms with Crippen LogP contribution in [0, 0.1) is 23.0 Å². The molecule has 0 aromatic heterocycles. The molecule has 0 unspecified atom stereocenters. The fraction of sp³-hybridized carbons (Fsp3) is 0.818. The van der Waals surface area contributed by atoms with Gasteiger partial charge in [0, 0.05) is 20.2 Å². The van der Waals surface area contributed by atoms with Crippen LogP contribution in [-0.4, -0.2) is 31.2 Å². The number of nitrogens with zero attached hydrogens (tertiary/aromatic N) is 1. The van der Waals surface area contributed by atoms with Gasteiger partial charge in [-0.05, 0) is 69.9 Å². The van der Waals surface area contributed by atoms with E-state index in [-0.39, 0.29) is 37.0 Å². The Bertz CT molecular complexity index is 543. The zero-order valence-electron chi connectivity index (χ0n) is 19.5. The van der Waals surface area contributed by atoms with Crippen LogP contribution in [0.3, 0.4) is 0 Å². The van der Waals surface area contributed by atoms with Crippen LogP contribution in [0.5, 0.6) is 0 Å². The van der Waals surface area contributed by atoms with Crippen LogP contribution in [0.1, 0.15) is 67.2 Å². The molecule has 2 aliphatic rings. The van der Waals surface area contributed by atoms with Gasteiger partial charge in [0.05, 0.1) is 0 Å². The van der Waals surface area contributed by atoms with E-state index in [2.05, 4.69) is 67.3 Å². The van der Waals surface area contributed by atoms with E-state index in [9.17, 15) is 4.79 Å². The van der Waals surface area contributed by atoms with Gasteiger partial charge in [-0.2, -0.15) is 5.57 Å². The summed E-state index contributed by atoms with van der Waals surface area (Å²) < 4.78 is 6.18. The van der Waals surface area contributed by atoms with Gasteiger partial charge in [0.1, 0.15) is 0 Å². The van der Waals surface area contributed by atoms with Crippen LogP contribution < -0.4 is 18.9 Å². The van der Waals surface area contributed by atoms with E-state index in [0.29, 0.717) is 11.3 Å². The molecule has 3 nitrogen and oxygen atoms in total. The minimum atomic E-state index is -1.77. The summed E-state index contributed by atoms with van der Waals surface area (Å²) in [5, 5.41) is 0. The SMILES string of the molecule is CC(C)N(C(=O)O[C-](C1=CC[C@@H]2C[C@H]1CCC2(C)C)[Si](C)(C)C)C(C)C.[Li+]. The van der Waals surface area contributed by atoms with Crippen LogP contribution in [0.4, 0.5) is 4.79 Å². The molecule has 2 bridgehead atoms. The molecule has 0 N–H and O–H groups in total. The second kappa shape index (κ2) is 9.01. The monoisotopic (exact) mass is 385 g/mol. The third-order valence-corrected chi connectivity index (χ3v) is 8.08. The van der Waals surface area contributed by atoms with E-state index in [1.165, 1.54) is 24.8 Å². The van der Waals surface area contributed by atoms with Crippen molar-refractivity contribution >= 4 is 14.2 Å². The molecular weight excluding hydrogens is 345 g/mol. The number of rotatable bonds is 5. The van der Waals surface area contributed by atoms with Crippen molar-refractivity contribution in [2.24, 2.45) is 17.3 Å². The smallest absolute Gasteiger partial charge is 0.511 e. The zero-order valence-corrected chi connectivity index (χ0v) is 20.5. The van der Waals surface area contributed by atoms with E-state index in [4.69, 9.17) is 4.74 Å². The molecule has 0 radical (unpaired) electrons. The summed E-state index contributed by atoms with van der Waals surface area (Å²) in [6, 6.07) is 0.288. The Morgan fingerprint density at radius 1 is 1.22 bits per heavy atom. The number of hydrogen-bond donors (Lipinski definition) is 0. The van der Waals surface area contributed by atoms with Crippen molar-refractivity contribution in [3.63, 3.8) is 0 Å². The predicted octanol–water partition coefficient (Wildman–Crippen LogP) is 3.43. The largest absolute Gasteiger partial charge is 1.00 e. The van der Waals surface area contributed by atoms with Gasteiger partial charge in [0.25, 0.3) is 0 Å². The maximum absolute atomic E-state index is 13.0. The van der Waals surface area contributed by atoms with Gasteiger partial charge in [-0.15, -0.1) is 0 Å². The van der Waals surface area contributed by atoms with Crippen molar-refractivity contribution in [3.8, 4) is 0 Å². The van der Waals surface area contributed by atoms with Crippen molar-refractivity contribution in [3.05, 3.63) is 17.4 Å². The van der Waals surface area contributed by atoms with E-state index in [0.717, 1.165) is 18.1 Å². The minimum absolute atomic E-state index is 0. The zero-order chi connectivity index (χ0) is 19.9. The number of allylic oxidation sites excluding steroid dienone is 1. The van der Waals surface area contributed by atoms with Gasteiger partial charge in [-0.3, -0.25) is 0 Å². The van der Waals surface area contributed by atoms with Crippen molar-refractivity contribution in [2.45, 2.75) is 99.0 Å². The molecule has 2 atom stereocenters. The fourth-order valence-corrected chi connectivity index (χ4v) is 6.31. The molecule has 2 aliphatic carbocycles. The molecule has 1 saturated carbocycles. The molecule has 0 aromatic carbocycles. The summed E-state index contributed by atoms with van der Waals surface area (Å²) >= 11 is 0. The first-order valence-electron chi connectivity index (χ1n) is 10.4. The van der Waals surface area contributed by atoms with Crippen molar-refractivity contribution in [2.75, 3.05) is 0 Å². The van der Waals surface area contributed by atoms with E-state index >= 15 is 0 Å². The molecule has 0 heterocycles. The third kappa shape index (κ3) is 5.61. The van der Waals surface area contributed by atoms with Crippen LogP contribution in [0.25, 0.3) is 0 Å². The number of amides is 1. The predicted molar refractivity (Wildman–Crippen MR) is 112 cm³/mol. The summed E-state index contributed by atoms with van der Waals surface area (Å²) in [4.78, 5) is 14.8. The molecule has 27 heavy (non-hydrogen) atoms. The Hall–Kier alpha value is -0.306. The summed E-state index contributed by atoms with van der Waals surface area (Å²) in [5.41, 5.74) is 2.83. The van der Waals surface area contributed by atoms with Crippen molar-refractivity contribution in [1.29, 1.82) is 0 Å². The van der Waals surface area contributed by atoms with Crippen LogP contribution in [-0.2, 0) is 4.74 Å². The molecule has 5 heteroatoms. The molecular formula is C22H40LiNO2Si. The van der Waals surface area contributed by atoms with Crippen molar-refractivity contribution in [1.82, 2.24) is 4.90 Å². The standard InChI is InChI=1S/C22H40NO2Si.Li/c1-15(2)23(16(3)4)21(24)25-20(26(7,8)9)19-11-10-18-14-17(19)12-13-22(18,5)6;/h11,15-18H,10,12-14H2,1-9H3;/q-1;+1/t17-,18-;/m1./s1. The second-order valence-electron chi connectivity index (χ2n) is 10.6. The minimum Gasteiger partial charge on any atom is -0.511 e. The Labute approximate surface area is 180 Å². The normalized spacial score (nSPS) is 24.2. The average molecular weight is 386 g/mol. The fourth-order valence-electron chi connectivity index (χ4n) is 4.75. The Morgan fingerprint density at radius 3 is 2.26 bits per heavy atom. The maximum Gasteiger partial charge on any atom is 1.00 e. The van der Waals surface area contributed by atoms with Crippen molar-refractivity contribution < 1.29 is 28.4 Å². The number of fused-ring (bicyclic) bond motifs is 2. The third-order valence-electron chi connectivity index (χ3n) is 6.33. The summed E-state index contributed by atoms with van der Waals surface area (Å²) in [6.45, 7) is 20.0. The second-order valence-corrected chi connectivity index (χ2v) is 15.5.